The van der Waals surface area contributed by atoms with E-state index in [1.807, 2.05) is 6.92 Å². The zero-order valence-electron chi connectivity index (χ0n) is 18.7. The van der Waals surface area contributed by atoms with Crippen molar-refractivity contribution >= 4 is 52.0 Å². The molecule has 0 N–H and O–H groups in total. The van der Waals surface area contributed by atoms with Crippen LogP contribution in [0.1, 0.15) is 39.0 Å². The largest absolute Gasteiger partial charge is 0.494 e. The summed E-state index contributed by atoms with van der Waals surface area (Å²) in [7, 11) is 0. The Morgan fingerprint density at radius 1 is 1.00 bits per heavy atom. The van der Waals surface area contributed by atoms with E-state index in [1.54, 1.807) is 61.5 Å². The number of hydrogen-bond donors (Lipinski definition) is 0. The molecule has 4 aromatic rings. The Bertz CT molecular complexity index is 1530. The lowest BCUT2D eigenvalue weighted by Gasteiger charge is -2.06. The second-order valence-corrected chi connectivity index (χ2v) is 8.60. The van der Waals surface area contributed by atoms with Gasteiger partial charge >= 0.3 is 5.97 Å². The van der Waals surface area contributed by atoms with Crippen molar-refractivity contribution in [2.75, 3.05) is 6.61 Å². The second kappa shape index (κ2) is 9.13. The molecular weight excluding hydrogens is 491 g/mol. The minimum atomic E-state index is -0.592. The van der Waals surface area contributed by atoms with Crippen LogP contribution in [0.15, 0.2) is 64.8 Å². The highest BCUT2D eigenvalue weighted by Crippen LogP contribution is 2.36. The first-order chi connectivity index (χ1) is 16.8. The van der Waals surface area contributed by atoms with Crippen LogP contribution >= 0.6 is 23.2 Å². The van der Waals surface area contributed by atoms with Gasteiger partial charge in [0, 0.05) is 11.5 Å². The highest BCUT2D eigenvalue weighted by molar-refractivity contribution is 6.42. The van der Waals surface area contributed by atoms with Gasteiger partial charge in [-0.2, -0.15) is 0 Å². The predicted molar refractivity (Wildman–Crippen MR) is 133 cm³/mol. The van der Waals surface area contributed by atoms with E-state index < -0.39 is 5.97 Å². The van der Waals surface area contributed by atoms with Gasteiger partial charge in [-0.15, -0.1) is 0 Å². The summed E-state index contributed by atoms with van der Waals surface area (Å²) in [5.74, 6) is 0.821. The first-order valence-corrected chi connectivity index (χ1v) is 11.5. The maximum atomic E-state index is 13.0. The molecule has 0 saturated heterocycles. The molecule has 1 aliphatic heterocycles. The number of aryl methyl sites for hydroxylation is 1. The molecule has 3 aromatic carbocycles. The molecule has 0 bridgehead atoms. The summed E-state index contributed by atoms with van der Waals surface area (Å²) in [4.78, 5) is 25.8. The summed E-state index contributed by atoms with van der Waals surface area (Å²) >= 11 is 12.0. The van der Waals surface area contributed by atoms with E-state index in [2.05, 4.69) is 0 Å². The summed E-state index contributed by atoms with van der Waals surface area (Å²) in [5.41, 5.74) is 1.88. The number of hydrogen-bond acceptors (Lipinski definition) is 6. The van der Waals surface area contributed by atoms with Crippen molar-refractivity contribution in [3.05, 3.63) is 92.9 Å². The Morgan fingerprint density at radius 3 is 2.57 bits per heavy atom. The van der Waals surface area contributed by atoms with Crippen LogP contribution in [0.4, 0.5) is 0 Å². The summed E-state index contributed by atoms with van der Waals surface area (Å²) in [6.07, 6.45) is 1.58. The number of benzene rings is 3. The summed E-state index contributed by atoms with van der Waals surface area (Å²) in [5, 5.41) is 1.38. The first-order valence-electron chi connectivity index (χ1n) is 10.8. The normalized spacial score (nSPS) is 13.7. The molecule has 0 atom stereocenters. The van der Waals surface area contributed by atoms with E-state index in [0.29, 0.717) is 61.6 Å². The lowest BCUT2D eigenvalue weighted by Crippen LogP contribution is -2.09. The van der Waals surface area contributed by atoms with Gasteiger partial charge in [-0.25, -0.2) is 4.79 Å². The van der Waals surface area contributed by atoms with E-state index in [1.165, 1.54) is 6.07 Å². The van der Waals surface area contributed by atoms with E-state index in [4.69, 9.17) is 41.8 Å². The number of Topliss-reactive ketones (excluding diaryl/α,β-unsaturated/α-hetero) is 1. The molecule has 0 fully saturated rings. The number of allylic oxidation sites excluding steroid dienone is 1. The number of esters is 1. The average Bonchev–Trinajstić information content (AvgIpc) is 3.31. The third-order valence-corrected chi connectivity index (χ3v) is 6.18. The number of fused-ring (bicyclic) bond motifs is 2. The Balaban J connectivity index is 1.40. The van der Waals surface area contributed by atoms with Crippen molar-refractivity contribution in [1.82, 2.24) is 0 Å². The molecule has 5 rings (SSSR count). The van der Waals surface area contributed by atoms with Gasteiger partial charge in [0.15, 0.2) is 5.76 Å². The van der Waals surface area contributed by atoms with E-state index in [-0.39, 0.29) is 17.3 Å². The predicted octanol–water partition coefficient (Wildman–Crippen LogP) is 7.28. The van der Waals surface area contributed by atoms with Gasteiger partial charge in [-0.05, 0) is 68.0 Å². The van der Waals surface area contributed by atoms with Crippen molar-refractivity contribution in [3.63, 3.8) is 0 Å². The summed E-state index contributed by atoms with van der Waals surface area (Å²) in [6, 6.07) is 14.9. The van der Waals surface area contributed by atoms with Crippen molar-refractivity contribution in [2.45, 2.75) is 13.8 Å². The molecule has 1 aromatic heterocycles. The zero-order chi connectivity index (χ0) is 24.7. The van der Waals surface area contributed by atoms with Crippen LogP contribution in [0.3, 0.4) is 0 Å². The molecule has 0 aliphatic carbocycles. The van der Waals surface area contributed by atoms with Gasteiger partial charge in [-0.1, -0.05) is 29.3 Å². The minimum absolute atomic E-state index is 0.127. The molecule has 0 unspecified atom stereocenters. The Morgan fingerprint density at radius 2 is 1.80 bits per heavy atom. The lowest BCUT2D eigenvalue weighted by atomic mass is 10.1. The Hall–Kier alpha value is -3.74. The number of rotatable bonds is 5. The van der Waals surface area contributed by atoms with Gasteiger partial charge < -0.3 is 18.6 Å². The third-order valence-electron chi connectivity index (χ3n) is 5.44. The number of halogens is 2. The highest BCUT2D eigenvalue weighted by Gasteiger charge is 2.29. The van der Waals surface area contributed by atoms with E-state index in [0.717, 1.165) is 0 Å². The molecule has 176 valence electrons. The fourth-order valence-electron chi connectivity index (χ4n) is 3.85. The summed E-state index contributed by atoms with van der Waals surface area (Å²) < 4.78 is 22.6. The van der Waals surface area contributed by atoms with Crippen LogP contribution in [0.25, 0.3) is 17.0 Å². The number of carbonyl (C=O) groups excluding carboxylic acids is 2. The fourth-order valence-corrected chi connectivity index (χ4v) is 4.16. The van der Waals surface area contributed by atoms with Crippen molar-refractivity contribution in [1.29, 1.82) is 0 Å². The molecule has 8 heteroatoms. The Labute approximate surface area is 210 Å². The van der Waals surface area contributed by atoms with Crippen LogP contribution in [0.5, 0.6) is 17.2 Å². The van der Waals surface area contributed by atoms with Gasteiger partial charge in [0.05, 0.1) is 22.2 Å². The van der Waals surface area contributed by atoms with Crippen LogP contribution in [-0.2, 0) is 0 Å². The van der Waals surface area contributed by atoms with Gasteiger partial charge in [0.25, 0.3) is 0 Å². The lowest BCUT2D eigenvalue weighted by molar-refractivity contribution is 0.0734. The van der Waals surface area contributed by atoms with Crippen molar-refractivity contribution < 1.29 is 28.2 Å². The molecule has 6 nitrogen and oxygen atoms in total. The number of ketones is 1. The molecule has 0 amide bonds. The second-order valence-electron chi connectivity index (χ2n) is 7.79. The molecule has 1 aliphatic rings. The minimum Gasteiger partial charge on any atom is -0.494 e. The topological polar surface area (TPSA) is 75.0 Å². The molecular formula is C27H18Cl2O6. The average molecular weight is 509 g/mol. The standard InChI is InChI=1S/C27H18Cl2O6/c1-3-32-16-6-9-22-19(12-16)25(14(2)33-22)27(31)34-17-5-7-18-23(13-17)35-24(26(18)30)11-15-4-8-20(28)21(29)10-15/h4-13H,3H2,1-2H3/b24-11-. The first kappa shape index (κ1) is 23.0. The van der Waals surface area contributed by atoms with Crippen molar-refractivity contribution in [2.24, 2.45) is 0 Å². The van der Waals surface area contributed by atoms with Gasteiger partial charge in [-0.3, -0.25) is 4.79 Å². The van der Waals surface area contributed by atoms with Gasteiger partial charge in [0.1, 0.15) is 34.2 Å². The smallest absolute Gasteiger partial charge is 0.347 e. The van der Waals surface area contributed by atoms with E-state index in [9.17, 15) is 9.59 Å². The van der Waals surface area contributed by atoms with Gasteiger partial charge in [0.2, 0.25) is 5.78 Å². The third kappa shape index (κ3) is 4.38. The SMILES string of the molecule is CCOc1ccc2oc(C)c(C(=O)Oc3ccc4c(c3)O/C(=C\c3ccc(Cl)c(Cl)c3)C4=O)c2c1. The van der Waals surface area contributed by atoms with Crippen molar-refractivity contribution in [3.8, 4) is 17.2 Å². The van der Waals surface area contributed by atoms with E-state index >= 15 is 0 Å². The molecule has 0 saturated carbocycles. The quantitative estimate of drug-likeness (QED) is 0.160. The Kier molecular flexibility index (Phi) is 6.01. The van der Waals surface area contributed by atoms with Crippen LogP contribution in [0, 0.1) is 6.92 Å². The van der Waals surface area contributed by atoms with Crippen LogP contribution in [0.2, 0.25) is 10.0 Å². The van der Waals surface area contributed by atoms with Crippen LogP contribution < -0.4 is 14.2 Å². The monoisotopic (exact) mass is 508 g/mol. The maximum Gasteiger partial charge on any atom is 0.347 e. The molecule has 0 radical (unpaired) electrons. The molecule has 0 spiro atoms. The van der Waals surface area contributed by atoms with Crippen LogP contribution in [-0.4, -0.2) is 18.4 Å². The maximum absolute atomic E-state index is 13.0. The molecule has 35 heavy (non-hydrogen) atoms. The zero-order valence-corrected chi connectivity index (χ0v) is 20.2. The number of ether oxygens (including phenoxy) is 3. The fraction of sp³-hybridized carbons (Fsp3) is 0.111. The number of furan rings is 1. The molecule has 2 heterocycles. The highest BCUT2D eigenvalue weighted by atomic mass is 35.5. The summed E-state index contributed by atoms with van der Waals surface area (Å²) in [6.45, 7) is 4.07. The number of carbonyl (C=O) groups is 2.